The fourth-order valence-corrected chi connectivity index (χ4v) is 3.65. The van der Waals surface area contributed by atoms with Crippen LogP contribution in [0, 0.1) is 0 Å². The van der Waals surface area contributed by atoms with Crippen molar-refractivity contribution in [2.24, 2.45) is 10.9 Å². The smallest absolute Gasteiger partial charge is 0.267 e. The lowest BCUT2D eigenvalue weighted by atomic mass is 10.1. The molecule has 2 rings (SSSR count). The van der Waals surface area contributed by atoms with E-state index in [4.69, 9.17) is 10.9 Å². The Bertz CT molecular complexity index is 941. The van der Waals surface area contributed by atoms with E-state index >= 15 is 0 Å². The molecule has 0 fully saturated rings. The van der Waals surface area contributed by atoms with Crippen molar-refractivity contribution in [3.8, 4) is 0 Å². The first-order chi connectivity index (χ1) is 13.7. The summed E-state index contributed by atoms with van der Waals surface area (Å²) in [5.74, 6) is -0.810. The molecule has 15 heteroatoms. The maximum atomic E-state index is 11.9. The van der Waals surface area contributed by atoms with Crippen LogP contribution in [0.5, 0.6) is 0 Å². The van der Waals surface area contributed by atoms with Gasteiger partial charge in [-0.3, -0.25) is 15.0 Å². The van der Waals surface area contributed by atoms with E-state index in [1.807, 2.05) is 6.92 Å². The lowest BCUT2D eigenvalue weighted by molar-refractivity contribution is -0.119. The number of nitrogens with two attached hydrogens (primary N) is 2. The number of carbonyl (C=O) groups is 2. The average Bonchev–Trinajstić information content (AvgIpc) is 3.27. The van der Waals surface area contributed by atoms with Gasteiger partial charge in [-0.2, -0.15) is 4.79 Å². The maximum Gasteiger partial charge on any atom is 0.267 e. The Hall–Kier alpha value is -2.65. The first-order valence-corrected chi connectivity index (χ1v) is 11.2. The third kappa shape index (κ3) is 7.35. The first kappa shape index (κ1) is 22.6. The fourth-order valence-electron chi connectivity index (χ4n) is 2.30. The predicted octanol–water partition coefficient (Wildman–Crippen LogP) is -0.674. The normalized spacial score (nSPS) is 12.5. The van der Waals surface area contributed by atoms with Crippen LogP contribution in [0.4, 0.5) is 5.13 Å². The molecule has 0 bridgehead atoms. The van der Waals surface area contributed by atoms with Crippen molar-refractivity contribution in [1.29, 1.82) is 0 Å². The molecule has 0 saturated carbocycles. The van der Waals surface area contributed by atoms with E-state index in [1.54, 1.807) is 6.20 Å². The van der Waals surface area contributed by atoms with Crippen LogP contribution in [0.15, 0.2) is 10.5 Å². The van der Waals surface area contributed by atoms with Gasteiger partial charge in [0.2, 0.25) is 21.3 Å². The van der Waals surface area contributed by atoms with Gasteiger partial charge in [0.1, 0.15) is 6.04 Å². The molecule has 2 heterocycles. The molecule has 0 aliphatic carbocycles. The second-order valence-corrected chi connectivity index (χ2v) is 8.91. The number of anilines is 1. The number of unbranched alkanes of at least 4 members (excludes halogenated alkanes) is 1. The molecular weight excluding hydrogens is 422 g/mol. The summed E-state index contributed by atoms with van der Waals surface area (Å²) in [5.41, 5.74) is 8.91. The van der Waals surface area contributed by atoms with Gasteiger partial charge in [-0.05, 0) is 24.5 Å². The Morgan fingerprint density at radius 2 is 2.03 bits per heavy atom. The van der Waals surface area contributed by atoms with Crippen LogP contribution < -0.4 is 21.6 Å². The zero-order chi connectivity index (χ0) is 21.4. The summed E-state index contributed by atoms with van der Waals surface area (Å²) in [4.78, 5) is 24.7. The molecule has 0 saturated heterocycles. The van der Waals surface area contributed by atoms with Crippen LogP contribution >= 0.6 is 11.3 Å². The second kappa shape index (κ2) is 10.2. The molecule has 0 aliphatic heterocycles. The van der Waals surface area contributed by atoms with Crippen molar-refractivity contribution >= 4 is 38.3 Å². The van der Waals surface area contributed by atoms with E-state index in [0.29, 0.717) is 36.3 Å². The van der Waals surface area contributed by atoms with E-state index in [9.17, 15) is 18.0 Å². The van der Waals surface area contributed by atoms with Gasteiger partial charge in [0.25, 0.3) is 10.0 Å². The van der Waals surface area contributed by atoms with Crippen LogP contribution in [-0.2, 0) is 26.0 Å². The Kier molecular flexibility index (Phi) is 7.98. The van der Waals surface area contributed by atoms with Crippen LogP contribution in [0.25, 0.3) is 0 Å². The van der Waals surface area contributed by atoms with Gasteiger partial charge >= 0.3 is 0 Å². The van der Waals surface area contributed by atoms with Crippen molar-refractivity contribution in [3.05, 3.63) is 11.9 Å². The van der Waals surface area contributed by atoms with E-state index in [1.165, 1.54) is 4.79 Å². The first-order valence-electron chi connectivity index (χ1n) is 8.82. The zero-order valence-corrected chi connectivity index (χ0v) is 17.4. The minimum atomic E-state index is -3.95. The van der Waals surface area contributed by atoms with Gasteiger partial charge < -0.3 is 11.1 Å². The summed E-state index contributed by atoms with van der Waals surface area (Å²) in [6.45, 7) is 2.02. The van der Waals surface area contributed by atoms with Crippen LogP contribution in [-0.4, -0.2) is 51.6 Å². The summed E-state index contributed by atoms with van der Waals surface area (Å²) in [6.07, 6.45) is 5.12. The molecule has 29 heavy (non-hydrogen) atoms. The molecule has 0 unspecified atom stereocenters. The van der Waals surface area contributed by atoms with Crippen LogP contribution in [0.2, 0.25) is 0 Å². The minimum absolute atomic E-state index is 0.0544. The number of primary amides is 1. The topological polar surface area (TPSA) is 201 Å². The number of hydrogen-bond donors (Lipinski definition) is 4. The number of amides is 2. The number of hydrogen-bond acceptors (Lipinski definition) is 10. The van der Waals surface area contributed by atoms with E-state index in [2.05, 4.69) is 31.3 Å². The number of primary sulfonamides is 1. The van der Waals surface area contributed by atoms with Gasteiger partial charge in [0, 0.05) is 6.42 Å². The van der Waals surface area contributed by atoms with Crippen LogP contribution in [0.3, 0.4) is 0 Å². The summed E-state index contributed by atoms with van der Waals surface area (Å²) in [7, 11) is -3.95. The number of aryl methyl sites for hydroxylation is 1. The van der Waals surface area contributed by atoms with Gasteiger partial charge in [-0.15, -0.1) is 15.3 Å². The molecule has 0 radical (unpaired) electrons. The second-order valence-electron chi connectivity index (χ2n) is 6.20. The Balaban J connectivity index is 1.78. The van der Waals surface area contributed by atoms with E-state index < -0.39 is 22.0 Å². The molecule has 2 aromatic rings. The van der Waals surface area contributed by atoms with Crippen LogP contribution in [0.1, 0.15) is 44.7 Å². The zero-order valence-electron chi connectivity index (χ0n) is 15.7. The molecule has 13 nitrogen and oxygen atoms in total. The third-order valence-electron chi connectivity index (χ3n) is 3.75. The Labute approximate surface area is 171 Å². The predicted molar refractivity (Wildman–Crippen MR) is 105 cm³/mol. The maximum absolute atomic E-state index is 11.9. The molecule has 0 aromatic carbocycles. The number of rotatable bonds is 12. The number of carbonyl (C=O) groups excluding carboxylic acids is 2. The number of nitrogens with one attached hydrogen (secondary N) is 2. The molecule has 6 N–H and O–H groups in total. The van der Waals surface area contributed by atoms with Crippen molar-refractivity contribution < 1.29 is 18.0 Å². The monoisotopic (exact) mass is 445 g/mol. The van der Waals surface area contributed by atoms with Crippen molar-refractivity contribution in [2.75, 3.05) is 10.7 Å². The molecule has 0 aliphatic rings. The Morgan fingerprint density at radius 3 is 2.66 bits per heavy atom. The van der Waals surface area contributed by atoms with Crippen molar-refractivity contribution in [3.63, 3.8) is 0 Å². The summed E-state index contributed by atoms with van der Waals surface area (Å²) in [6, 6.07) is -0.538. The molecule has 1 atom stereocenters. The highest BCUT2D eigenvalue weighted by Crippen LogP contribution is 2.18. The molecule has 2 amide bonds. The van der Waals surface area contributed by atoms with Gasteiger partial charge in [0.05, 0.1) is 11.9 Å². The lowest BCUT2D eigenvalue weighted by Gasteiger charge is -2.15. The third-order valence-corrected chi connectivity index (χ3v) is 5.90. The fraction of sp³-hybridized carbons (Fsp3) is 0.571. The SMILES string of the molecule is CCCC[C@H](Nn1cc(CCCC(=O)Nc2nnc(S(N)(=O)=O)s2)nn1)C(N)=O. The number of aromatic nitrogens is 5. The summed E-state index contributed by atoms with van der Waals surface area (Å²) < 4.78 is 21.9. The van der Waals surface area contributed by atoms with Crippen molar-refractivity contribution in [1.82, 2.24) is 25.3 Å². The quantitative estimate of drug-likeness (QED) is 0.305. The largest absolute Gasteiger partial charge is 0.368 e. The molecule has 2 aromatic heterocycles. The van der Waals surface area contributed by atoms with E-state index in [-0.39, 0.29) is 21.8 Å². The highest BCUT2D eigenvalue weighted by molar-refractivity contribution is 7.91. The highest BCUT2D eigenvalue weighted by atomic mass is 32.2. The summed E-state index contributed by atoms with van der Waals surface area (Å²) in [5, 5.41) is 22.3. The van der Waals surface area contributed by atoms with Gasteiger partial charge in [-0.25, -0.2) is 13.6 Å². The van der Waals surface area contributed by atoms with E-state index in [0.717, 1.165) is 12.8 Å². The minimum Gasteiger partial charge on any atom is -0.368 e. The van der Waals surface area contributed by atoms with Gasteiger partial charge in [-0.1, -0.05) is 31.1 Å². The summed E-state index contributed by atoms with van der Waals surface area (Å²) >= 11 is 0.676. The Morgan fingerprint density at radius 1 is 1.28 bits per heavy atom. The standard InChI is InChI=1S/C14H23N9O4S2/c1-2-3-6-10(12(15)25)21-23-8-9(18-22-23)5-4-7-11(24)17-13-19-20-14(28-13)29(16,26)27/h8,10,21H,2-7H2,1H3,(H2,15,25)(H2,16,26,27)(H,17,19,24)/t10-/m0/s1. The number of nitrogens with zero attached hydrogens (tertiary/aromatic N) is 5. The molecule has 0 spiro atoms. The highest BCUT2D eigenvalue weighted by Gasteiger charge is 2.17. The number of sulfonamides is 1. The lowest BCUT2D eigenvalue weighted by Crippen LogP contribution is -2.40. The van der Waals surface area contributed by atoms with Gasteiger partial charge in [0.15, 0.2) is 0 Å². The molecular formula is C14H23N9O4S2. The average molecular weight is 446 g/mol. The molecule has 160 valence electrons. The van der Waals surface area contributed by atoms with Crippen molar-refractivity contribution in [2.45, 2.75) is 55.8 Å².